The lowest BCUT2D eigenvalue weighted by Crippen LogP contribution is -2.32. The lowest BCUT2D eigenvalue weighted by Gasteiger charge is -2.27. The molecule has 20 heavy (non-hydrogen) atoms. The minimum absolute atomic E-state index is 0.700. The van der Waals surface area contributed by atoms with Crippen LogP contribution in [-0.4, -0.2) is 22.5 Å². The van der Waals surface area contributed by atoms with Crippen molar-refractivity contribution in [1.29, 1.82) is 0 Å². The number of hydrogen-bond acceptors (Lipinski definition) is 3. The Balaban J connectivity index is 1.93. The van der Waals surface area contributed by atoms with Gasteiger partial charge in [-0.1, -0.05) is 19.9 Å². The molecule has 2 N–H and O–H groups in total. The third kappa shape index (κ3) is 2.38. The van der Waals surface area contributed by atoms with E-state index in [1.54, 1.807) is 0 Å². The van der Waals surface area contributed by atoms with E-state index in [0.29, 0.717) is 12.0 Å². The number of hydrogen-bond donors (Lipinski definition) is 1. The highest BCUT2D eigenvalue weighted by atomic mass is 15.2. The van der Waals surface area contributed by atoms with Crippen LogP contribution in [0.25, 0.3) is 10.9 Å². The first-order chi connectivity index (χ1) is 9.66. The minimum Gasteiger partial charge on any atom is -0.398 e. The first kappa shape index (κ1) is 13.4. The lowest BCUT2D eigenvalue weighted by atomic mass is 10.0. The maximum atomic E-state index is 6.06. The van der Waals surface area contributed by atoms with E-state index in [2.05, 4.69) is 35.9 Å². The van der Waals surface area contributed by atoms with Crippen LogP contribution in [0, 0.1) is 5.92 Å². The molecule has 1 atom stereocenters. The van der Waals surface area contributed by atoms with Crippen molar-refractivity contribution in [2.75, 3.05) is 12.3 Å². The van der Waals surface area contributed by atoms with Crippen molar-refractivity contribution in [3.63, 3.8) is 0 Å². The fourth-order valence-electron chi connectivity index (χ4n) is 3.40. The molecule has 3 nitrogen and oxygen atoms in total. The Morgan fingerprint density at radius 1 is 1.35 bits per heavy atom. The van der Waals surface area contributed by atoms with Crippen LogP contribution in [0.1, 0.15) is 32.3 Å². The average Bonchev–Trinajstić information content (AvgIpc) is 2.91. The Morgan fingerprint density at radius 3 is 3.00 bits per heavy atom. The van der Waals surface area contributed by atoms with Crippen LogP contribution < -0.4 is 5.73 Å². The second-order valence-electron chi connectivity index (χ2n) is 6.14. The van der Waals surface area contributed by atoms with Gasteiger partial charge in [0.05, 0.1) is 5.52 Å². The third-order valence-corrected chi connectivity index (χ3v) is 4.44. The number of pyridine rings is 1. The first-order valence-corrected chi connectivity index (χ1v) is 7.53. The summed E-state index contributed by atoms with van der Waals surface area (Å²) in [6.45, 7) is 6.82. The van der Waals surface area contributed by atoms with Gasteiger partial charge in [0.25, 0.3) is 0 Å². The molecule has 0 spiro atoms. The molecule has 2 heterocycles. The Labute approximate surface area is 120 Å². The SMILES string of the molecule is CC(C)C1CCCN1Cc1ccc(N)c2cccnc12. The minimum atomic E-state index is 0.700. The maximum absolute atomic E-state index is 6.06. The van der Waals surface area contributed by atoms with E-state index in [1.165, 1.54) is 24.9 Å². The summed E-state index contributed by atoms with van der Waals surface area (Å²) in [5, 5.41) is 1.07. The molecule has 1 unspecified atom stereocenters. The van der Waals surface area contributed by atoms with E-state index in [9.17, 15) is 0 Å². The Morgan fingerprint density at radius 2 is 2.20 bits per heavy atom. The smallest absolute Gasteiger partial charge is 0.0767 e. The molecule has 1 aliphatic heterocycles. The van der Waals surface area contributed by atoms with Gasteiger partial charge in [0.2, 0.25) is 0 Å². The molecule has 2 aromatic rings. The zero-order valence-corrected chi connectivity index (χ0v) is 12.3. The molecule has 0 aliphatic carbocycles. The van der Waals surface area contributed by atoms with E-state index in [4.69, 9.17) is 5.73 Å². The van der Waals surface area contributed by atoms with Gasteiger partial charge in [-0.3, -0.25) is 9.88 Å². The molecule has 1 saturated heterocycles. The molecule has 0 amide bonds. The van der Waals surface area contributed by atoms with Crippen molar-refractivity contribution in [3.05, 3.63) is 36.0 Å². The van der Waals surface area contributed by atoms with E-state index in [-0.39, 0.29) is 0 Å². The Kier molecular flexibility index (Phi) is 3.62. The van der Waals surface area contributed by atoms with Gasteiger partial charge in [-0.25, -0.2) is 0 Å². The summed E-state index contributed by atoms with van der Waals surface area (Å²) in [4.78, 5) is 7.15. The number of fused-ring (bicyclic) bond motifs is 1. The van der Waals surface area contributed by atoms with Crippen LogP contribution in [0.2, 0.25) is 0 Å². The van der Waals surface area contributed by atoms with Crippen molar-refractivity contribution in [2.45, 2.75) is 39.3 Å². The monoisotopic (exact) mass is 269 g/mol. The summed E-state index contributed by atoms with van der Waals surface area (Å²) in [5.41, 5.74) is 9.22. The molecule has 3 heteroatoms. The molecule has 3 rings (SSSR count). The number of rotatable bonds is 3. The van der Waals surface area contributed by atoms with Gasteiger partial charge in [0.1, 0.15) is 0 Å². The quantitative estimate of drug-likeness (QED) is 0.868. The second kappa shape index (κ2) is 5.41. The van der Waals surface area contributed by atoms with Gasteiger partial charge in [-0.2, -0.15) is 0 Å². The van der Waals surface area contributed by atoms with Crippen LogP contribution in [0.15, 0.2) is 30.5 Å². The zero-order chi connectivity index (χ0) is 14.1. The summed E-state index contributed by atoms with van der Waals surface area (Å²) in [6.07, 6.45) is 4.48. The average molecular weight is 269 g/mol. The summed E-state index contributed by atoms with van der Waals surface area (Å²) >= 11 is 0. The Bertz CT molecular complexity index is 606. The van der Waals surface area contributed by atoms with Crippen molar-refractivity contribution in [1.82, 2.24) is 9.88 Å². The Hall–Kier alpha value is -1.61. The molecular formula is C17H23N3. The molecule has 1 aromatic carbocycles. The third-order valence-electron chi connectivity index (χ3n) is 4.44. The number of aromatic nitrogens is 1. The number of anilines is 1. The van der Waals surface area contributed by atoms with E-state index >= 15 is 0 Å². The number of nitrogens with zero attached hydrogens (tertiary/aromatic N) is 2. The second-order valence-corrected chi connectivity index (χ2v) is 6.14. The highest BCUT2D eigenvalue weighted by Gasteiger charge is 2.27. The number of nitrogen functional groups attached to an aromatic ring is 1. The van der Waals surface area contributed by atoms with Crippen molar-refractivity contribution < 1.29 is 0 Å². The predicted octanol–water partition coefficient (Wildman–Crippen LogP) is 3.44. The molecule has 0 bridgehead atoms. The summed E-state index contributed by atoms with van der Waals surface area (Å²) in [7, 11) is 0. The van der Waals surface area contributed by atoms with E-state index < -0.39 is 0 Å². The van der Waals surface area contributed by atoms with Crippen LogP contribution >= 0.6 is 0 Å². The standard InChI is InChI=1S/C17H23N3/c1-12(2)16-6-4-10-20(16)11-13-7-8-15(18)14-5-3-9-19-17(13)14/h3,5,7-9,12,16H,4,6,10-11,18H2,1-2H3. The van der Waals surface area contributed by atoms with Gasteiger partial charge < -0.3 is 5.73 Å². The first-order valence-electron chi connectivity index (χ1n) is 7.53. The van der Waals surface area contributed by atoms with Crippen molar-refractivity contribution in [3.8, 4) is 0 Å². The van der Waals surface area contributed by atoms with Crippen LogP contribution in [0.3, 0.4) is 0 Å². The van der Waals surface area contributed by atoms with Gasteiger partial charge in [0, 0.05) is 29.9 Å². The molecule has 0 saturated carbocycles. The largest absolute Gasteiger partial charge is 0.398 e. The highest BCUT2D eigenvalue weighted by Crippen LogP contribution is 2.29. The van der Waals surface area contributed by atoms with Crippen molar-refractivity contribution in [2.24, 2.45) is 5.92 Å². The van der Waals surface area contributed by atoms with Gasteiger partial charge in [-0.05, 0) is 49.1 Å². The zero-order valence-electron chi connectivity index (χ0n) is 12.3. The summed E-state index contributed by atoms with van der Waals surface area (Å²) < 4.78 is 0. The summed E-state index contributed by atoms with van der Waals surface area (Å²) in [6, 6.07) is 8.87. The van der Waals surface area contributed by atoms with Gasteiger partial charge in [0.15, 0.2) is 0 Å². The van der Waals surface area contributed by atoms with E-state index in [0.717, 1.165) is 23.1 Å². The number of benzene rings is 1. The fourth-order valence-corrected chi connectivity index (χ4v) is 3.40. The van der Waals surface area contributed by atoms with Gasteiger partial charge in [-0.15, -0.1) is 0 Å². The molecule has 1 aliphatic rings. The molecule has 0 radical (unpaired) electrons. The van der Waals surface area contributed by atoms with Gasteiger partial charge >= 0.3 is 0 Å². The van der Waals surface area contributed by atoms with E-state index in [1.807, 2.05) is 18.3 Å². The molecule has 1 aromatic heterocycles. The topological polar surface area (TPSA) is 42.1 Å². The molecular weight excluding hydrogens is 246 g/mol. The van der Waals surface area contributed by atoms with Crippen molar-refractivity contribution >= 4 is 16.6 Å². The fraction of sp³-hybridized carbons (Fsp3) is 0.471. The number of nitrogens with two attached hydrogens (primary N) is 1. The molecule has 1 fully saturated rings. The predicted molar refractivity (Wildman–Crippen MR) is 84.4 cm³/mol. The summed E-state index contributed by atoms with van der Waals surface area (Å²) in [5.74, 6) is 0.713. The highest BCUT2D eigenvalue weighted by molar-refractivity contribution is 5.92. The van der Waals surface area contributed by atoms with Crippen LogP contribution in [0.4, 0.5) is 5.69 Å². The lowest BCUT2D eigenvalue weighted by molar-refractivity contribution is 0.199. The van der Waals surface area contributed by atoms with Crippen LogP contribution in [0.5, 0.6) is 0 Å². The van der Waals surface area contributed by atoms with Crippen LogP contribution in [-0.2, 0) is 6.54 Å². The molecule has 106 valence electrons. The number of likely N-dealkylation sites (tertiary alicyclic amines) is 1. The maximum Gasteiger partial charge on any atom is 0.0767 e. The normalized spacial score (nSPS) is 20.1.